The molecule has 0 unspecified atom stereocenters. The molecule has 2 aromatic carbocycles. The molecule has 0 bridgehead atoms. The monoisotopic (exact) mass is 370 g/mol. The minimum absolute atomic E-state index is 0.00570. The maximum absolute atomic E-state index is 12.1. The van der Waals surface area contributed by atoms with E-state index in [-0.39, 0.29) is 46.2 Å². The Kier molecular flexibility index (Phi) is 5.56. The number of ketones is 1. The second kappa shape index (κ2) is 7.27. The standard InChI is InChI=1S/C15H15O7PS/c16-10-3-1-9(2-4-10)5-11(17)6-13-14(18)7-12(8-15(13)19)24-23(20,21)22/h1-4,7-8,16,18-19H,5-6H2,(H2,20,21,22). The molecule has 2 rings (SSSR count). The molecule has 0 atom stereocenters. The lowest BCUT2D eigenvalue weighted by molar-refractivity contribution is -0.117. The summed E-state index contributed by atoms with van der Waals surface area (Å²) in [7, 11) is 0. The van der Waals surface area contributed by atoms with Crippen LogP contribution in [-0.2, 0) is 22.2 Å². The van der Waals surface area contributed by atoms with Crippen LogP contribution >= 0.6 is 18.2 Å². The molecule has 5 N–H and O–H groups in total. The van der Waals surface area contributed by atoms with E-state index in [1.54, 1.807) is 12.1 Å². The first-order valence-electron chi connectivity index (χ1n) is 6.73. The fraction of sp³-hybridized carbons (Fsp3) is 0.133. The van der Waals surface area contributed by atoms with Crippen molar-refractivity contribution in [3.63, 3.8) is 0 Å². The van der Waals surface area contributed by atoms with Crippen molar-refractivity contribution in [2.24, 2.45) is 0 Å². The summed E-state index contributed by atoms with van der Waals surface area (Å²) in [6, 6.07) is 8.26. The zero-order valence-corrected chi connectivity index (χ0v) is 14.0. The normalized spacial score (nSPS) is 11.4. The molecule has 24 heavy (non-hydrogen) atoms. The first-order chi connectivity index (χ1) is 11.1. The second-order valence-corrected chi connectivity index (χ2v) is 8.69. The largest absolute Gasteiger partial charge is 0.508 e. The molecule has 0 radical (unpaired) electrons. The summed E-state index contributed by atoms with van der Waals surface area (Å²) in [4.78, 5) is 29.8. The lowest BCUT2D eigenvalue weighted by atomic mass is 10.0. The maximum Gasteiger partial charge on any atom is 0.388 e. The Morgan fingerprint density at radius 3 is 2.00 bits per heavy atom. The number of aromatic hydroxyl groups is 3. The van der Waals surface area contributed by atoms with Gasteiger partial charge >= 0.3 is 6.80 Å². The van der Waals surface area contributed by atoms with Gasteiger partial charge < -0.3 is 25.1 Å². The maximum atomic E-state index is 12.1. The summed E-state index contributed by atoms with van der Waals surface area (Å²) in [6.45, 7) is -4.41. The first-order valence-corrected chi connectivity index (χ1v) is 9.77. The van der Waals surface area contributed by atoms with E-state index in [2.05, 4.69) is 0 Å². The third kappa shape index (κ3) is 5.28. The van der Waals surface area contributed by atoms with Crippen molar-refractivity contribution in [1.29, 1.82) is 0 Å². The number of phenolic OH excluding ortho intramolecular Hbond substituents is 3. The number of rotatable bonds is 6. The Bertz CT molecular complexity index is 775. The fourth-order valence-corrected chi connectivity index (χ4v) is 3.83. The Labute approximate surface area is 141 Å². The highest BCUT2D eigenvalue weighted by atomic mass is 32.7. The Morgan fingerprint density at radius 2 is 1.50 bits per heavy atom. The van der Waals surface area contributed by atoms with Crippen molar-refractivity contribution in [2.75, 3.05) is 0 Å². The number of benzene rings is 2. The number of phenols is 3. The van der Waals surface area contributed by atoms with Crippen molar-refractivity contribution in [3.8, 4) is 17.2 Å². The fourth-order valence-electron chi connectivity index (χ4n) is 2.09. The number of carbonyl (C=O) groups is 1. The highest BCUT2D eigenvalue weighted by Crippen LogP contribution is 2.55. The van der Waals surface area contributed by atoms with Gasteiger partial charge in [0.05, 0.1) is 0 Å². The summed E-state index contributed by atoms with van der Waals surface area (Å²) in [5.41, 5.74) is 0.666. The lowest BCUT2D eigenvalue weighted by Crippen LogP contribution is -2.07. The van der Waals surface area contributed by atoms with Crippen molar-refractivity contribution in [3.05, 3.63) is 47.5 Å². The van der Waals surface area contributed by atoms with Gasteiger partial charge in [-0.05, 0) is 41.2 Å². The zero-order chi connectivity index (χ0) is 17.9. The van der Waals surface area contributed by atoms with Crippen LogP contribution in [0.4, 0.5) is 0 Å². The highest BCUT2D eigenvalue weighted by molar-refractivity contribution is 8.54. The Hall–Kier alpha value is -1.99. The minimum Gasteiger partial charge on any atom is -0.508 e. The molecule has 2 aromatic rings. The minimum atomic E-state index is -4.41. The van der Waals surface area contributed by atoms with Crippen LogP contribution in [0, 0.1) is 0 Å². The summed E-state index contributed by atoms with van der Waals surface area (Å²) in [5, 5.41) is 29.0. The molecular formula is C15H15O7PS. The van der Waals surface area contributed by atoms with E-state index in [4.69, 9.17) is 9.79 Å². The zero-order valence-electron chi connectivity index (χ0n) is 12.3. The quantitative estimate of drug-likeness (QED) is 0.489. The average molecular weight is 370 g/mol. The van der Waals surface area contributed by atoms with Crippen LogP contribution in [-0.4, -0.2) is 30.9 Å². The van der Waals surface area contributed by atoms with Crippen molar-refractivity contribution in [1.82, 2.24) is 0 Å². The lowest BCUT2D eigenvalue weighted by Gasteiger charge is -2.10. The van der Waals surface area contributed by atoms with Gasteiger partial charge in [-0.3, -0.25) is 4.79 Å². The van der Waals surface area contributed by atoms with Crippen molar-refractivity contribution < 1.29 is 34.5 Å². The van der Waals surface area contributed by atoms with E-state index in [1.807, 2.05) is 0 Å². The van der Waals surface area contributed by atoms with Crippen LogP contribution in [0.25, 0.3) is 0 Å². The first kappa shape index (κ1) is 18.4. The third-order valence-corrected chi connectivity index (χ3v) is 5.14. The van der Waals surface area contributed by atoms with Gasteiger partial charge in [0, 0.05) is 23.3 Å². The molecule has 128 valence electrons. The van der Waals surface area contributed by atoms with E-state index < -0.39 is 18.3 Å². The van der Waals surface area contributed by atoms with E-state index in [0.29, 0.717) is 5.56 Å². The Morgan fingerprint density at radius 1 is 0.958 bits per heavy atom. The summed E-state index contributed by atoms with van der Waals surface area (Å²) < 4.78 is 10.9. The van der Waals surface area contributed by atoms with Gasteiger partial charge in [-0.2, -0.15) is 0 Å². The van der Waals surface area contributed by atoms with Crippen LogP contribution in [0.3, 0.4) is 0 Å². The van der Waals surface area contributed by atoms with Gasteiger partial charge in [0.15, 0.2) is 0 Å². The predicted molar refractivity (Wildman–Crippen MR) is 88.2 cm³/mol. The molecule has 0 aliphatic rings. The van der Waals surface area contributed by atoms with Crippen molar-refractivity contribution >= 4 is 24.0 Å². The van der Waals surface area contributed by atoms with Gasteiger partial charge in [0.2, 0.25) is 0 Å². The molecule has 0 fully saturated rings. The number of hydrogen-bond donors (Lipinski definition) is 5. The summed E-state index contributed by atoms with van der Waals surface area (Å²) in [5.74, 6) is -1.02. The summed E-state index contributed by atoms with van der Waals surface area (Å²) >= 11 is 0.199. The van der Waals surface area contributed by atoms with E-state index >= 15 is 0 Å². The van der Waals surface area contributed by atoms with E-state index in [1.165, 1.54) is 12.1 Å². The Balaban J connectivity index is 2.13. The molecule has 0 aromatic heterocycles. The molecule has 9 heteroatoms. The molecule has 0 spiro atoms. The molecule has 0 saturated heterocycles. The van der Waals surface area contributed by atoms with E-state index in [9.17, 15) is 24.7 Å². The second-order valence-electron chi connectivity index (χ2n) is 5.08. The van der Waals surface area contributed by atoms with Crippen LogP contribution in [0.15, 0.2) is 41.3 Å². The van der Waals surface area contributed by atoms with Gasteiger partial charge in [0.1, 0.15) is 23.0 Å². The van der Waals surface area contributed by atoms with Gasteiger partial charge in [-0.25, -0.2) is 4.57 Å². The molecule has 0 saturated carbocycles. The van der Waals surface area contributed by atoms with E-state index in [0.717, 1.165) is 12.1 Å². The number of carbonyl (C=O) groups excluding carboxylic acids is 1. The van der Waals surface area contributed by atoms with Crippen LogP contribution < -0.4 is 0 Å². The molecule has 0 aliphatic heterocycles. The van der Waals surface area contributed by atoms with Gasteiger partial charge in [-0.1, -0.05) is 12.1 Å². The number of hydrogen-bond acceptors (Lipinski definition) is 6. The van der Waals surface area contributed by atoms with Crippen LogP contribution in [0.1, 0.15) is 11.1 Å². The molecule has 0 amide bonds. The molecule has 7 nitrogen and oxygen atoms in total. The van der Waals surface area contributed by atoms with Crippen LogP contribution in [0.5, 0.6) is 17.2 Å². The third-order valence-electron chi connectivity index (χ3n) is 3.11. The molecule has 0 heterocycles. The smallest absolute Gasteiger partial charge is 0.388 e. The highest BCUT2D eigenvalue weighted by Gasteiger charge is 2.20. The number of Topliss-reactive ketones (excluding diaryl/α,β-unsaturated/α-hetero) is 1. The SMILES string of the molecule is O=C(Cc1ccc(O)cc1)Cc1c(O)cc(SP(=O)(O)O)cc1O. The topological polar surface area (TPSA) is 135 Å². The van der Waals surface area contributed by atoms with Gasteiger partial charge in [-0.15, -0.1) is 0 Å². The van der Waals surface area contributed by atoms with Crippen molar-refractivity contribution in [2.45, 2.75) is 17.7 Å². The molecule has 0 aliphatic carbocycles. The summed E-state index contributed by atoms with van der Waals surface area (Å²) in [6.07, 6.45) is -0.183. The molecular weight excluding hydrogens is 355 g/mol. The van der Waals surface area contributed by atoms with Crippen LogP contribution in [0.2, 0.25) is 0 Å². The predicted octanol–water partition coefficient (Wildman–Crippen LogP) is 2.34. The average Bonchev–Trinajstić information content (AvgIpc) is 2.44. The van der Waals surface area contributed by atoms with Gasteiger partial charge in [0.25, 0.3) is 0 Å².